The lowest BCUT2D eigenvalue weighted by Gasteiger charge is -2.25. The van der Waals surface area contributed by atoms with E-state index in [0.29, 0.717) is 6.04 Å². The molecule has 2 nitrogen and oxygen atoms in total. The van der Waals surface area contributed by atoms with Crippen molar-refractivity contribution in [3.63, 3.8) is 0 Å². The predicted octanol–water partition coefficient (Wildman–Crippen LogP) is 1.33. The molecule has 15 heavy (non-hydrogen) atoms. The highest BCUT2D eigenvalue weighted by Crippen LogP contribution is 2.30. The average molecular weight is 206 g/mol. The van der Waals surface area contributed by atoms with Crippen molar-refractivity contribution in [2.45, 2.75) is 32.2 Å². The molecule has 84 valence electrons. The van der Waals surface area contributed by atoms with Crippen molar-refractivity contribution >= 4 is 0 Å². The van der Waals surface area contributed by atoms with Crippen LogP contribution in [0.15, 0.2) is 0 Å². The summed E-state index contributed by atoms with van der Waals surface area (Å²) in [6.45, 7) is 6.73. The quantitative estimate of drug-likeness (QED) is 0.683. The SMILES string of the molecule is C#CCN(CC1CC1)CC1CCNC1C. The van der Waals surface area contributed by atoms with E-state index in [2.05, 4.69) is 23.1 Å². The van der Waals surface area contributed by atoms with E-state index in [1.54, 1.807) is 0 Å². The van der Waals surface area contributed by atoms with Gasteiger partial charge in [-0.15, -0.1) is 6.42 Å². The maximum Gasteiger partial charge on any atom is 0.0599 e. The topological polar surface area (TPSA) is 15.3 Å². The van der Waals surface area contributed by atoms with Crippen LogP contribution in [-0.4, -0.2) is 37.1 Å². The van der Waals surface area contributed by atoms with Crippen LogP contribution in [-0.2, 0) is 0 Å². The van der Waals surface area contributed by atoms with E-state index in [1.807, 2.05) is 0 Å². The summed E-state index contributed by atoms with van der Waals surface area (Å²) in [5.41, 5.74) is 0. The minimum atomic E-state index is 0.671. The van der Waals surface area contributed by atoms with Crippen LogP contribution in [0, 0.1) is 24.2 Å². The van der Waals surface area contributed by atoms with Gasteiger partial charge in [-0.2, -0.15) is 0 Å². The van der Waals surface area contributed by atoms with Gasteiger partial charge in [-0.3, -0.25) is 4.90 Å². The number of nitrogens with zero attached hydrogens (tertiary/aromatic N) is 1. The maximum atomic E-state index is 5.43. The standard InChI is InChI=1S/C13H22N2/c1-3-8-15(9-12-4-5-12)10-13-6-7-14-11(13)2/h1,11-14H,4-10H2,2H3. The van der Waals surface area contributed by atoms with Gasteiger partial charge >= 0.3 is 0 Å². The van der Waals surface area contributed by atoms with Crippen LogP contribution in [0.25, 0.3) is 0 Å². The average Bonchev–Trinajstić information content (AvgIpc) is 2.92. The number of nitrogens with one attached hydrogen (secondary N) is 1. The Morgan fingerprint density at radius 2 is 2.13 bits per heavy atom. The molecule has 1 aliphatic carbocycles. The zero-order chi connectivity index (χ0) is 10.7. The third-order valence-electron chi connectivity index (χ3n) is 3.71. The van der Waals surface area contributed by atoms with Crippen molar-refractivity contribution in [3.8, 4) is 12.3 Å². The fraction of sp³-hybridized carbons (Fsp3) is 0.846. The molecule has 2 aliphatic rings. The Balaban J connectivity index is 1.79. The Morgan fingerprint density at radius 1 is 1.33 bits per heavy atom. The molecule has 0 bridgehead atoms. The molecule has 0 amide bonds. The number of hydrogen-bond acceptors (Lipinski definition) is 2. The summed E-state index contributed by atoms with van der Waals surface area (Å²) < 4.78 is 0. The Hall–Kier alpha value is -0.520. The Kier molecular flexibility index (Phi) is 3.66. The van der Waals surface area contributed by atoms with E-state index in [1.165, 1.54) is 38.9 Å². The van der Waals surface area contributed by atoms with Gasteiger partial charge < -0.3 is 5.32 Å². The van der Waals surface area contributed by atoms with Crippen LogP contribution in [0.3, 0.4) is 0 Å². The first-order valence-electron chi connectivity index (χ1n) is 6.19. The van der Waals surface area contributed by atoms with Gasteiger partial charge in [-0.05, 0) is 44.6 Å². The predicted molar refractivity (Wildman–Crippen MR) is 63.6 cm³/mol. The summed E-state index contributed by atoms with van der Waals surface area (Å²) in [6.07, 6.45) is 9.57. The molecule has 2 rings (SSSR count). The van der Waals surface area contributed by atoms with Gasteiger partial charge in [0.15, 0.2) is 0 Å². The number of hydrogen-bond donors (Lipinski definition) is 1. The molecule has 2 atom stereocenters. The van der Waals surface area contributed by atoms with Crippen LogP contribution in [0.2, 0.25) is 0 Å². The highest BCUT2D eigenvalue weighted by Gasteiger charge is 2.28. The summed E-state index contributed by atoms with van der Waals surface area (Å²) in [5.74, 6) is 4.55. The van der Waals surface area contributed by atoms with Gasteiger partial charge in [0.1, 0.15) is 0 Å². The second kappa shape index (κ2) is 5.01. The lowest BCUT2D eigenvalue weighted by Crippen LogP contribution is -2.36. The third kappa shape index (κ3) is 3.22. The first-order chi connectivity index (χ1) is 7.29. The molecule has 2 fully saturated rings. The second-order valence-electron chi connectivity index (χ2n) is 5.13. The van der Waals surface area contributed by atoms with Crippen molar-refractivity contribution in [3.05, 3.63) is 0 Å². The first kappa shape index (κ1) is 11.0. The largest absolute Gasteiger partial charge is 0.314 e. The van der Waals surface area contributed by atoms with Gasteiger partial charge in [0, 0.05) is 19.1 Å². The van der Waals surface area contributed by atoms with Gasteiger partial charge in [0.05, 0.1) is 6.54 Å². The lowest BCUT2D eigenvalue weighted by atomic mass is 10.0. The first-order valence-corrected chi connectivity index (χ1v) is 6.19. The van der Waals surface area contributed by atoms with Crippen molar-refractivity contribution in [2.24, 2.45) is 11.8 Å². The Labute approximate surface area is 93.4 Å². The number of rotatable bonds is 5. The van der Waals surface area contributed by atoms with Crippen LogP contribution < -0.4 is 5.32 Å². The molecule has 1 heterocycles. The lowest BCUT2D eigenvalue weighted by molar-refractivity contribution is 0.238. The molecular formula is C13H22N2. The molecule has 0 aromatic rings. The highest BCUT2D eigenvalue weighted by molar-refractivity contribution is 4.92. The molecular weight excluding hydrogens is 184 g/mol. The third-order valence-corrected chi connectivity index (χ3v) is 3.71. The van der Waals surface area contributed by atoms with E-state index in [9.17, 15) is 0 Å². The summed E-state index contributed by atoms with van der Waals surface area (Å²) >= 11 is 0. The fourth-order valence-corrected chi connectivity index (χ4v) is 2.49. The minimum Gasteiger partial charge on any atom is -0.314 e. The summed E-state index contributed by atoms with van der Waals surface area (Å²) in [6, 6.07) is 0.671. The van der Waals surface area contributed by atoms with E-state index in [4.69, 9.17) is 6.42 Å². The van der Waals surface area contributed by atoms with Crippen molar-refractivity contribution < 1.29 is 0 Å². The van der Waals surface area contributed by atoms with Crippen LogP contribution in [0.4, 0.5) is 0 Å². The van der Waals surface area contributed by atoms with Gasteiger partial charge in [-0.25, -0.2) is 0 Å². The van der Waals surface area contributed by atoms with Crippen molar-refractivity contribution in [1.82, 2.24) is 10.2 Å². The highest BCUT2D eigenvalue weighted by atomic mass is 15.1. The normalized spacial score (nSPS) is 30.7. The Morgan fingerprint density at radius 3 is 2.67 bits per heavy atom. The number of terminal acetylenes is 1. The monoisotopic (exact) mass is 206 g/mol. The molecule has 1 saturated heterocycles. The summed E-state index contributed by atoms with van der Waals surface area (Å²) in [5, 5.41) is 3.51. The Bertz CT molecular complexity index is 239. The maximum absolute atomic E-state index is 5.43. The molecule has 0 aromatic carbocycles. The van der Waals surface area contributed by atoms with Crippen LogP contribution in [0.1, 0.15) is 26.2 Å². The summed E-state index contributed by atoms with van der Waals surface area (Å²) in [7, 11) is 0. The zero-order valence-corrected chi connectivity index (χ0v) is 9.71. The smallest absolute Gasteiger partial charge is 0.0599 e. The van der Waals surface area contributed by atoms with Crippen molar-refractivity contribution in [1.29, 1.82) is 0 Å². The molecule has 1 saturated carbocycles. The molecule has 0 radical (unpaired) electrons. The summed E-state index contributed by atoms with van der Waals surface area (Å²) in [4.78, 5) is 2.48. The zero-order valence-electron chi connectivity index (χ0n) is 9.71. The van der Waals surface area contributed by atoms with Crippen molar-refractivity contribution in [2.75, 3.05) is 26.2 Å². The molecule has 1 aliphatic heterocycles. The van der Waals surface area contributed by atoms with Crippen LogP contribution in [0.5, 0.6) is 0 Å². The van der Waals surface area contributed by atoms with Gasteiger partial charge in [0.2, 0.25) is 0 Å². The molecule has 0 spiro atoms. The minimum absolute atomic E-state index is 0.671. The van der Waals surface area contributed by atoms with Gasteiger partial charge in [-0.1, -0.05) is 5.92 Å². The van der Waals surface area contributed by atoms with E-state index < -0.39 is 0 Å². The van der Waals surface area contributed by atoms with Crippen LogP contribution >= 0.6 is 0 Å². The van der Waals surface area contributed by atoms with E-state index in [-0.39, 0.29) is 0 Å². The van der Waals surface area contributed by atoms with E-state index in [0.717, 1.165) is 18.4 Å². The van der Waals surface area contributed by atoms with E-state index >= 15 is 0 Å². The molecule has 0 aromatic heterocycles. The molecule has 1 N–H and O–H groups in total. The molecule has 2 unspecified atom stereocenters. The molecule has 2 heteroatoms. The second-order valence-corrected chi connectivity index (χ2v) is 5.13. The fourth-order valence-electron chi connectivity index (χ4n) is 2.49. The van der Waals surface area contributed by atoms with Gasteiger partial charge in [0.25, 0.3) is 0 Å².